The Bertz CT molecular complexity index is 981. The van der Waals surface area contributed by atoms with E-state index in [2.05, 4.69) is 15.0 Å². The highest BCUT2D eigenvalue weighted by atomic mass is 32.2. The standard InChI is InChI=1S/C19H23N5O2S/c25-17-10-13-12-27-9-5-16(13)21-24(17)11-15-2-1-7-22(15)18-19(26)23(8-6-20-18)14-3-4-14/h6,8,10,14-15H,1-5,7,9,11-12H2. The molecule has 1 atom stereocenters. The molecule has 0 aromatic carbocycles. The Hall–Kier alpha value is -2.09. The van der Waals surface area contributed by atoms with E-state index in [9.17, 15) is 9.59 Å². The van der Waals surface area contributed by atoms with Gasteiger partial charge in [-0.25, -0.2) is 9.67 Å². The van der Waals surface area contributed by atoms with Crippen molar-refractivity contribution in [1.82, 2.24) is 19.3 Å². The fourth-order valence-corrected chi connectivity index (χ4v) is 5.09. The van der Waals surface area contributed by atoms with Crippen molar-refractivity contribution >= 4 is 17.6 Å². The van der Waals surface area contributed by atoms with Crippen molar-refractivity contribution in [3.8, 4) is 0 Å². The molecule has 2 aromatic heterocycles. The van der Waals surface area contributed by atoms with Crippen LogP contribution in [0.4, 0.5) is 5.82 Å². The summed E-state index contributed by atoms with van der Waals surface area (Å²) in [4.78, 5) is 31.9. The van der Waals surface area contributed by atoms with Crippen LogP contribution in [0, 0.1) is 0 Å². The topological polar surface area (TPSA) is 73.0 Å². The molecule has 0 bridgehead atoms. The van der Waals surface area contributed by atoms with Gasteiger partial charge in [0.1, 0.15) is 0 Å². The van der Waals surface area contributed by atoms with Crippen LogP contribution in [-0.4, -0.2) is 37.7 Å². The molecule has 8 heteroatoms. The van der Waals surface area contributed by atoms with Crippen molar-refractivity contribution in [3.63, 3.8) is 0 Å². The van der Waals surface area contributed by atoms with Crippen molar-refractivity contribution in [2.75, 3.05) is 17.2 Å². The highest BCUT2D eigenvalue weighted by Crippen LogP contribution is 2.33. The van der Waals surface area contributed by atoms with Crippen molar-refractivity contribution in [3.05, 3.63) is 50.4 Å². The first kappa shape index (κ1) is 17.0. The van der Waals surface area contributed by atoms with Gasteiger partial charge in [0, 0.05) is 43.2 Å². The lowest BCUT2D eigenvalue weighted by atomic mass is 10.2. The van der Waals surface area contributed by atoms with Crippen LogP contribution in [-0.2, 0) is 18.7 Å². The summed E-state index contributed by atoms with van der Waals surface area (Å²) in [7, 11) is 0. The predicted octanol–water partition coefficient (Wildman–Crippen LogP) is 1.59. The normalized spacial score (nSPS) is 22.1. The molecule has 142 valence electrons. The number of anilines is 1. The average molecular weight is 385 g/mol. The van der Waals surface area contributed by atoms with E-state index < -0.39 is 0 Å². The number of fused-ring (bicyclic) bond motifs is 1. The van der Waals surface area contributed by atoms with Gasteiger partial charge in [0.2, 0.25) is 0 Å². The van der Waals surface area contributed by atoms with E-state index in [4.69, 9.17) is 0 Å². The number of aryl methyl sites for hydroxylation is 1. The van der Waals surface area contributed by atoms with E-state index in [0.29, 0.717) is 18.4 Å². The van der Waals surface area contributed by atoms with Crippen LogP contribution in [0.1, 0.15) is 43.0 Å². The van der Waals surface area contributed by atoms with Crippen LogP contribution >= 0.6 is 11.8 Å². The first-order valence-corrected chi connectivity index (χ1v) is 10.9. The Morgan fingerprint density at radius 1 is 1.22 bits per heavy atom. The Kier molecular flexibility index (Phi) is 4.30. The molecule has 0 N–H and O–H groups in total. The summed E-state index contributed by atoms with van der Waals surface area (Å²) in [6.45, 7) is 1.32. The molecular weight excluding hydrogens is 362 g/mol. The smallest absolute Gasteiger partial charge is 0.293 e. The van der Waals surface area contributed by atoms with E-state index in [1.807, 2.05) is 16.3 Å². The quantitative estimate of drug-likeness (QED) is 0.796. The Balaban J connectivity index is 1.43. The molecule has 5 rings (SSSR count). The molecule has 3 aliphatic rings. The summed E-state index contributed by atoms with van der Waals surface area (Å²) in [5, 5.41) is 4.64. The SMILES string of the molecule is O=c1c(N2CCCC2Cn2nc3c(cc2=O)CSCC3)nccn1C1CC1. The van der Waals surface area contributed by atoms with Gasteiger partial charge < -0.3 is 9.47 Å². The predicted molar refractivity (Wildman–Crippen MR) is 105 cm³/mol. The molecule has 1 saturated carbocycles. The van der Waals surface area contributed by atoms with Gasteiger partial charge in [-0.2, -0.15) is 16.9 Å². The zero-order valence-electron chi connectivity index (χ0n) is 15.2. The molecule has 2 aromatic rings. The lowest BCUT2D eigenvalue weighted by Crippen LogP contribution is -2.41. The molecule has 1 unspecified atom stereocenters. The molecule has 0 radical (unpaired) electrons. The molecule has 1 aliphatic carbocycles. The van der Waals surface area contributed by atoms with E-state index in [-0.39, 0.29) is 17.2 Å². The monoisotopic (exact) mass is 385 g/mol. The van der Waals surface area contributed by atoms with Crippen molar-refractivity contribution < 1.29 is 0 Å². The zero-order valence-corrected chi connectivity index (χ0v) is 16.0. The summed E-state index contributed by atoms with van der Waals surface area (Å²) < 4.78 is 3.42. The molecule has 1 saturated heterocycles. The Morgan fingerprint density at radius 3 is 2.96 bits per heavy atom. The maximum Gasteiger partial charge on any atom is 0.293 e. The third kappa shape index (κ3) is 3.20. The van der Waals surface area contributed by atoms with Crippen molar-refractivity contribution in [2.24, 2.45) is 0 Å². The second kappa shape index (κ2) is 6.82. The minimum atomic E-state index is -0.0421. The molecule has 27 heavy (non-hydrogen) atoms. The van der Waals surface area contributed by atoms with Gasteiger partial charge in [-0.15, -0.1) is 0 Å². The number of nitrogens with zero attached hydrogens (tertiary/aromatic N) is 5. The maximum absolute atomic E-state index is 12.9. The number of rotatable bonds is 4. The molecule has 0 spiro atoms. The molecule has 7 nitrogen and oxygen atoms in total. The van der Waals surface area contributed by atoms with Crippen LogP contribution in [0.25, 0.3) is 0 Å². The number of thioether (sulfide) groups is 1. The summed E-state index contributed by atoms with van der Waals surface area (Å²) in [6, 6.07) is 2.17. The van der Waals surface area contributed by atoms with E-state index >= 15 is 0 Å². The third-order valence-corrected chi connectivity index (χ3v) is 6.74. The molecule has 2 fully saturated rings. The van der Waals surface area contributed by atoms with Crippen LogP contribution in [0.2, 0.25) is 0 Å². The molecule has 2 aliphatic heterocycles. The van der Waals surface area contributed by atoms with Crippen LogP contribution < -0.4 is 16.0 Å². The summed E-state index contributed by atoms with van der Waals surface area (Å²) in [6.07, 6.45) is 8.52. The number of hydrogen-bond donors (Lipinski definition) is 0. The van der Waals surface area contributed by atoms with Crippen molar-refractivity contribution in [1.29, 1.82) is 0 Å². The van der Waals surface area contributed by atoms with Gasteiger partial charge >= 0.3 is 0 Å². The zero-order chi connectivity index (χ0) is 18.4. The van der Waals surface area contributed by atoms with Crippen LogP contribution in [0.3, 0.4) is 0 Å². The first-order valence-electron chi connectivity index (χ1n) is 9.72. The van der Waals surface area contributed by atoms with E-state index in [1.54, 1.807) is 23.1 Å². The Labute approximate surface area is 161 Å². The molecule has 0 amide bonds. The maximum atomic E-state index is 12.9. The highest BCUT2D eigenvalue weighted by Gasteiger charge is 2.31. The van der Waals surface area contributed by atoms with Gasteiger partial charge in [0.25, 0.3) is 11.1 Å². The largest absolute Gasteiger partial charge is 0.347 e. The van der Waals surface area contributed by atoms with Gasteiger partial charge in [0.15, 0.2) is 5.82 Å². The number of hydrogen-bond acceptors (Lipinski definition) is 6. The second-order valence-electron chi connectivity index (χ2n) is 7.62. The first-order chi connectivity index (χ1) is 13.2. The lowest BCUT2D eigenvalue weighted by Gasteiger charge is -2.26. The number of aromatic nitrogens is 4. The molecule has 4 heterocycles. The molecular formula is C19H23N5O2S. The van der Waals surface area contributed by atoms with Crippen LogP contribution in [0.5, 0.6) is 0 Å². The van der Waals surface area contributed by atoms with Gasteiger partial charge in [0.05, 0.1) is 18.3 Å². The van der Waals surface area contributed by atoms with E-state index in [0.717, 1.165) is 61.4 Å². The van der Waals surface area contributed by atoms with Crippen LogP contribution in [0.15, 0.2) is 28.0 Å². The average Bonchev–Trinajstić information content (AvgIpc) is 3.42. The summed E-state index contributed by atoms with van der Waals surface area (Å²) in [5.41, 5.74) is 2.08. The summed E-state index contributed by atoms with van der Waals surface area (Å²) >= 11 is 1.85. The summed E-state index contributed by atoms with van der Waals surface area (Å²) in [5.74, 6) is 2.46. The fraction of sp³-hybridized carbons (Fsp3) is 0.579. The third-order valence-electron chi connectivity index (χ3n) is 5.73. The Morgan fingerprint density at radius 2 is 2.11 bits per heavy atom. The second-order valence-corrected chi connectivity index (χ2v) is 8.73. The van der Waals surface area contributed by atoms with Gasteiger partial charge in [-0.05, 0) is 37.0 Å². The minimum Gasteiger partial charge on any atom is -0.347 e. The minimum absolute atomic E-state index is 0.00493. The fourth-order valence-electron chi connectivity index (χ4n) is 4.14. The van der Waals surface area contributed by atoms with Gasteiger partial charge in [-0.3, -0.25) is 9.59 Å². The lowest BCUT2D eigenvalue weighted by molar-refractivity contribution is 0.478. The van der Waals surface area contributed by atoms with E-state index in [1.165, 1.54) is 0 Å². The van der Waals surface area contributed by atoms with Crippen molar-refractivity contribution in [2.45, 2.75) is 56.5 Å². The highest BCUT2D eigenvalue weighted by molar-refractivity contribution is 7.98. The van der Waals surface area contributed by atoms with Gasteiger partial charge in [-0.1, -0.05) is 0 Å².